The topological polar surface area (TPSA) is 96.3 Å². The number of aromatic nitrogens is 2. The van der Waals surface area contributed by atoms with Crippen LogP contribution in [-0.4, -0.2) is 39.2 Å². The Hall–Kier alpha value is -2.05. The first-order valence-electron chi connectivity index (χ1n) is 7.22. The molecule has 2 unspecified atom stereocenters. The maximum atomic E-state index is 11.6. The van der Waals surface area contributed by atoms with Crippen LogP contribution in [0.15, 0.2) is 18.7 Å². The average molecular weight is 296 g/mol. The van der Waals surface area contributed by atoms with Crippen molar-refractivity contribution in [2.24, 2.45) is 5.92 Å². The number of nitrogens with one attached hydrogen (secondary N) is 2. The molecule has 2 amide bonds. The minimum atomic E-state index is -0.771. The largest absolute Gasteiger partial charge is 0.481 e. The molecule has 7 heteroatoms. The molecular formula is C14H24N4O3. The van der Waals surface area contributed by atoms with E-state index in [1.807, 2.05) is 17.7 Å². The highest BCUT2D eigenvalue weighted by molar-refractivity contribution is 5.74. The van der Waals surface area contributed by atoms with E-state index in [2.05, 4.69) is 15.6 Å². The number of carboxylic acid groups (broad SMARTS) is 1. The third-order valence-corrected chi connectivity index (χ3v) is 3.29. The Morgan fingerprint density at radius 3 is 2.71 bits per heavy atom. The van der Waals surface area contributed by atoms with Crippen molar-refractivity contribution in [1.82, 2.24) is 20.2 Å². The van der Waals surface area contributed by atoms with E-state index < -0.39 is 5.97 Å². The first-order chi connectivity index (χ1) is 9.99. The molecular weight excluding hydrogens is 272 g/mol. The van der Waals surface area contributed by atoms with Gasteiger partial charge in [0.2, 0.25) is 0 Å². The number of rotatable bonds is 9. The summed E-state index contributed by atoms with van der Waals surface area (Å²) in [4.78, 5) is 26.2. The van der Waals surface area contributed by atoms with Gasteiger partial charge in [-0.2, -0.15) is 0 Å². The molecule has 1 aromatic rings. The van der Waals surface area contributed by atoms with Crippen LogP contribution in [-0.2, 0) is 11.3 Å². The molecule has 0 saturated heterocycles. The summed E-state index contributed by atoms with van der Waals surface area (Å²) in [6.07, 6.45) is 7.41. The third kappa shape index (κ3) is 7.34. The lowest BCUT2D eigenvalue weighted by molar-refractivity contribution is -0.141. The van der Waals surface area contributed by atoms with E-state index in [1.165, 1.54) is 0 Å². The summed E-state index contributed by atoms with van der Waals surface area (Å²) >= 11 is 0. The number of nitrogens with zero attached hydrogens (tertiary/aromatic N) is 2. The van der Waals surface area contributed by atoms with Gasteiger partial charge < -0.3 is 20.3 Å². The number of aliphatic carboxylic acids is 1. The van der Waals surface area contributed by atoms with Gasteiger partial charge >= 0.3 is 12.0 Å². The summed E-state index contributed by atoms with van der Waals surface area (Å²) in [6.45, 7) is 4.83. The van der Waals surface area contributed by atoms with Gasteiger partial charge in [-0.3, -0.25) is 4.79 Å². The van der Waals surface area contributed by atoms with Crippen LogP contribution in [0.3, 0.4) is 0 Å². The van der Waals surface area contributed by atoms with Gasteiger partial charge in [0.15, 0.2) is 0 Å². The SMILES string of the molecule is CC(CCCC(C)C(=O)O)NC(=O)NCCn1ccnc1. The molecule has 1 heterocycles. The number of imidazole rings is 1. The van der Waals surface area contributed by atoms with Crippen molar-refractivity contribution >= 4 is 12.0 Å². The van der Waals surface area contributed by atoms with Gasteiger partial charge in [0, 0.05) is 31.5 Å². The molecule has 1 aromatic heterocycles. The lowest BCUT2D eigenvalue weighted by atomic mass is 10.0. The minimum absolute atomic E-state index is 0.0271. The molecule has 3 N–H and O–H groups in total. The Morgan fingerprint density at radius 2 is 2.10 bits per heavy atom. The van der Waals surface area contributed by atoms with Crippen LogP contribution in [0.5, 0.6) is 0 Å². The van der Waals surface area contributed by atoms with Gasteiger partial charge in [-0.25, -0.2) is 9.78 Å². The van der Waals surface area contributed by atoms with Crippen molar-refractivity contribution < 1.29 is 14.7 Å². The maximum Gasteiger partial charge on any atom is 0.315 e. The summed E-state index contributed by atoms with van der Waals surface area (Å²) in [5.41, 5.74) is 0. The quantitative estimate of drug-likeness (QED) is 0.643. The molecule has 21 heavy (non-hydrogen) atoms. The van der Waals surface area contributed by atoms with Crippen molar-refractivity contribution in [1.29, 1.82) is 0 Å². The van der Waals surface area contributed by atoms with Crippen molar-refractivity contribution in [3.05, 3.63) is 18.7 Å². The van der Waals surface area contributed by atoms with Gasteiger partial charge in [-0.05, 0) is 19.8 Å². The van der Waals surface area contributed by atoms with Gasteiger partial charge in [0.1, 0.15) is 0 Å². The van der Waals surface area contributed by atoms with Gasteiger partial charge in [-0.1, -0.05) is 13.3 Å². The summed E-state index contributed by atoms with van der Waals surface area (Å²) in [7, 11) is 0. The van der Waals surface area contributed by atoms with Crippen LogP contribution in [0.4, 0.5) is 4.79 Å². The van der Waals surface area contributed by atoms with E-state index in [0.717, 1.165) is 12.8 Å². The number of amides is 2. The van der Waals surface area contributed by atoms with Gasteiger partial charge in [0.05, 0.1) is 12.2 Å². The zero-order valence-corrected chi connectivity index (χ0v) is 12.6. The van der Waals surface area contributed by atoms with E-state index in [1.54, 1.807) is 19.4 Å². The summed E-state index contributed by atoms with van der Waals surface area (Å²) in [5, 5.41) is 14.4. The first kappa shape index (κ1) is 17.0. The molecule has 0 fully saturated rings. The predicted molar refractivity (Wildman–Crippen MR) is 78.9 cm³/mol. The van der Waals surface area contributed by atoms with Crippen LogP contribution >= 0.6 is 0 Å². The molecule has 0 aliphatic rings. The van der Waals surface area contributed by atoms with Crippen LogP contribution in [0.2, 0.25) is 0 Å². The second kappa shape index (κ2) is 8.99. The van der Waals surface area contributed by atoms with Crippen molar-refractivity contribution in [3.63, 3.8) is 0 Å². The number of carbonyl (C=O) groups is 2. The van der Waals surface area contributed by atoms with E-state index in [4.69, 9.17) is 5.11 Å². The second-order valence-electron chi connectivity index (χ2n) is 5.27. The van der Waals surface area contributed by atoms with Crippen LogP contribution in [0.25, 0.3) is 0 Å². The lowest BCUT2D eigenvalue weighted by Crippen LogP contribution is -2.41. The van der Waals surface area contributed by atoms with Gasteiger partial charge in [0.25, 0.3) is 0 Å². The first-order valence-corrected chi connectivity index (χ1v) is 7.22. The maximum absolute atomic E-state index is 11.6. The Kier molecular flexibility index (Phi) is 7.28. The highest BCUT2D eigenvalue weighted by Crippen LogP contribution is 2.09. The fourth-order valence-corrected chi connectivity index (χ4v) is 1.92. The predicted octanol–water partition coefficient (Wildman–Crippen LogP) is 1.46. The molecule has 0 radical (unpaired) electrons. The number of urea groups is 1. The smallest absolute Gasteiger partial charge is 0.315 e. The molecule has 7 nitrogen and oxygen atoms in total. The third-order valence-electron chi connectivity index (χ3n) is 3.29. The van der Waals surface area contributed by atoms with Crippen molar-refractivity contribution in [3.8, 4) is 0 Å². The summed E-state index contributed by atoms with van der Waals surface area (Å²) in [5.74, 6) is -1.10. The molecule has 0 aromatic carbocycles. The molecule has 0 aliphatic carbocycles. The Bertz CT molecular complexity index is 433. The van der Waals surface area contributed by atoms with Gasteiger partial charge in [-0.15, -0.1) is 0 Å². The van der Waals surface area contributed by atoms with Crippen molar-refractivity contribution in [2.75, 3.05) is 6.54 Å². The van der Waals surface area contributed by atoms with E-state index in [9.17, 15) is 9.59 Å². The second-order valence-corrected chi connectivity index (χ2v) is 5.27. The van der Waals surface area contributed by atoms with Crippen molar-refractivity contribution in [2.45, 2.75) is 45.7 Å². The van der Waals surface area contributed by atoms with E-state index >= 15 is 0 Å². The Morgan fingerprint density at radius 1 is 1.33 bits per heavy atom. The summed E-state index contributed by atoms with van der Waals surface area (Å²) in [6, 6.07) is -0.173. The Balaban J connectivity index is 2.08. The van der Waals surface area contributed by atoms with Crippen LogP contribution in [0, 0.1) is 5.92 Å². The van der Waals surface area contributed by atoms with E-state index in [-0.39, 0.29) is 18.0 Å². The fraction of sp³-hybridized carbons (Fsp3) is 0.643. The standard InChI is InChI=1S/C14H24N4O3/c1-11(13(19)20)4-3-5-12(2)17-14(21)16-7-9-18-8-6-15-10-18/h6,8,10-12H,3-5,7,9H2,1-2H3,(H,19,20)(H2,16,17,21). The normalized spacial score (nSPS) is 13.4. The molecule has 118 valence electrons. The number of carboxylic acids is 1. The molecule has 0 bridgehead atoms. The number of hydrogen-bond acceptors (Lipinski definition) is 3. The highest BCUT2D eigenvalue weighted by Gasteiger charge is 2.12. The lowest BCUT2D eigenvalue weighted by Gasteiger charge is -2.15. The molecule has 2 atom stereocenters. The molecule has 0 saturated carbocycles. The van der Waals surface area contributed by atoms with Crippen LogP contribution in [0.1, 0.15) is 33.1 Å². The zero-order valence-electron chi connectivity index (χ0n) is 12.6. The molecule has 1 rings (SSSR count). The Labute approximate surface area is 124 Å². The highest BCUT2D eigenvalue weighted by atomic mass is 16.4. The number of hydrogen-bond donors (Lipinski definition) is 3. The number of carbonyl (C=O) groups excluding carboxylic acids is 1. The fourth-order valence-electron chi connectivity index (χ4n) is 1.92. The monoisotopic (exact) mass is 296 g/mol. The average Bonchev–Trinajstić information content (AvgIpc) is 2.91. The summed E-state index contributed by atoms with van der Waals surface area (Å²) < 4.78 is 1.89. The zero-order chi connectivity index (χ0) is 15.7. The van der Waals surface area contributed by atoms with E-state index in [0.29, 0.717) is 19.5 Å². The molecule has 0 spiro atoms. The minimum Gasteiger partial charge on any atom is -0.481 e. The molecule has 0 aliphatic heterocycles. The van der Waals surface area contributed by atoms with Crippen LogP contribution < -0.4 is 10.6 Å².